The van der Waals surface area contributed by atoms with E-state index in [1.54, 1.807) is 25.4 Å². The number of nitrogens with zero attached hydrogens (tertiary/aromatic N) is 6. The molecule has 0 saturated carbocycles. The SMILES string of the molecule is COCCn1cnnc1CCNC(=O)N(C)Cc1ccc2nonc2c1. The molecule has 1 aromatic carbocycles. The van der Waals surface area contributed by atoms with Crippen LogP contribution in [0.15, 0.2) is 29.2 Å². The summed E-state index contributed by atoms with van der Waals surface area (Å²) in [6.45, 7) is 2.21. The van der Waals surface area contributed by atoms with Gasteiger partial charge in [-0.2, -0.15) is 0 Å². The van der Waals surface area contributed by atoms with E-state index in [4.69, 9.17) is 4.74 Å². The minimum Gasteiger partial charge on any atom is -0.383 e. The second-order valence-corrected chi connectivity index (χ2v) is 5.86. The molecule has 26 heavy (non-hydrogen) atoms. The number of nitrogens with one attached hydrogen (secondary N) is 1. The number of carbonyl (C=O) groups is 1. The fraction of sp³-hybridized carbons (Fsp3) is 0.438. The number of methoxy groups -OCH3 is 1. The van der Waals surface area contributed by atoms with Crippen molar-refractivity contribution in [2.45, 2.75) is 19.5 Å². The van der Waals surface area contributed by atoms with E-state index in [9.17, 15) is 4.79 Å². The van der Waals surface area contributed by atoms with Gasteiger partial charge in [-0.15, -0.1) is 10.2 Å². The van der Waals surface area contributed by atoms with E-state index in [1.165, 1.54) is 0 Å². The Kier molecular flexibility index (Phi) is 5.74. The minimum atomic E-state index is -0.161. The van der Waals surface area contributed by atoms with Crippen molar-refractivity contribution in [2.75, 3.05) is 27.3 Å². The molecule has 1 N–H and O–H groups in total. The molecule has 0 aliphatic carbocycles. The quantitative estimate of drug-likeness (QED) is 0.634. The van der Waals surface area contributed by atoms with E-state index in [-0.39, 0.29) is 6.03 Å². The van der Waals surface area contributed by atoms with Crippen molar-refractivity contribution in [1.29, 1.82) is 0 Å². The van der Waals surface area contributed by atoms with Gasteiger partial charge >= 0.3 is 6.03 Å². The molecular formula is C16H21N7O3. The van der Waals surface area contributed by atoms with Crippen LogP contribution in [0.3, 0.4) is 0 Å². The molecule has 0 fully saturated rings. The summed E-state index contributed by atoms with van der Waals surface area (Å²) in [7, 11) is 3.39. The number of rotatable bonds is 8. The first kappa shape index (κ1) is 17.8. The first-order valence-electron chi connectivity index (χ1n) is 8.23. The Labute approximate surface area is 150 Å². The van der Waals surface area contributed by atoms with Crippen LogP contribution in [-0.2, 0) is 24.2 Å². The second kappa shape index (κ2) is 8.39. The number of ether oxygens (including phenoxy) is 1. The third-order valence-electron chi connectivity index (χ3n) is 3.94. The Hall–Kier alpha value is -3.01. The van der Waals surface area contributed by atoms with Gasteiger partial charge in [0.2, 0.25) is 0 Å². The lowest BCUT2D eigenvalue weighted by Crippen LogP contribution is -2.38. The zero-order valence-electron chi connectivity index (χ0n) is 14.8. The van der Waals surface area contributed by atoms with Gasteiger partial charge in [-0.05, 0) is 28.0 Å². The van der Waals surface area contributed by atoms with Crippen LogP contribution < -0.4 is 5.32 Å². The molecule has 2 amide bonds. The number of aromatic nitrogens is 5. The van der Waals surface area contributed by atoms with Crippen LogP contribution in [0.25, 0.3) is 11.0 Å². The first-order chi connectivity index (χ1) is 12.7. The molecule has 10 nitrogen and oxygen atoms in total. The van der Waals surface area contributed by atoms with Crippen molar-refractivity contribution in [3.8, 4) is 0 Å². The molecule has 0 spiro atoms. The highest BCUT2D eigenvalue weighted by Gasteiger charge is 2.11. The summed E-state index contributed by atoms with van der Waals surface area (Å²) in [4.78, 5) is 13.9. The normalized spacial score (nSPS) is 11.0. The van der Waals surface area contributed by atoms with Gasteiger partial charge in [-0.1, -0.05) is 6.07 Å². The highest BCUT2D eigenvalue weighted by atomic mass is 16.6. The molecule has 0 atom stereocenters. The van der Waals surface area contributed by atoms with Crippen molar-refractivity contribution < 1.29 is 14.2 Å². The average Bonchev–Trinajstić information content (AvgIpc) is 3.28. The number of fused-ring (bicyclic) bond motifs is 1. The van der Waals surface area contributed by atoms with Gasteiger partial charge < -0.3 is 19.5 Å². The summed E-state index contributed by atoms with van der Waals surface area (Å²) in [5.74, 6) is 0.814. The topological polar surface area (TPSA) is 111 Å². The molecule has 0 bridgehead atoms. The molecule has 2 heterocycles. The number of hydrogen-bond acceptors (Lipinski definition) is 7. The number of urea groups is 1. The van der Waals surface area contributed by atoms with Crippen LogP contribution in [0.1, 0.15) is 11.4 Å². The Bertz CT molecular complexity index is 860. The van der Waals surface area contributed by atoms with Crippen molar-refractivity contribution in [1.82, 2.24) is 35.3 Å². The number of benzene rings is 1. The molecule has 138 valence electrons. The highest BCUT2D eigenvalue weighted by Crippen LogP contribution is 2.13. The number of carbonyl (C=O) groups excluding carboxylic acids is 1. The van der Waals surface area contributed by atoms with Crippen LogP contribution in [0, 0.1) is 0 Å². The summed E-state index contributed by atoms with van der Waals surface area (Å²) in [5.41, 5.74) is 2.32. The molecule has 2 aromatic heterocycles. The highest BCUT2D eigenvalue weighted by molar-refractivity contribution is 5.75. The third-order valence-corrected chi connectivity index (χ3v) is 3.94. The van der Waals surface area contributed by atoms with E-state index in [0.29, 0.717) is 43.7 Å². The van der Waals surface area contributed by atoms with Crippen LogP contribution in [0.5, 0.6) is 0 Å². The van der Waals surface area contributed by atoms with E-state index in [1.807, 2.05) is 22.8 Å². The maximum absolute atomic E-state index is 12.3. The second-order valence-electron chi connectivity index (χ2n) is 5.86. The summed E-state index contributed by atoms with van der Waals surface area (Å²) in [6, 6.07) is 5.41. The summed E-state index contributed by atoms with van der Waals surface area (Å²) in [6.07, 6.45) is 2.26. The lowest BCUT2D eigenvalue weighted by Gasteiger charge is -2.18. The largest absolute Gasteiger partial charge is 0.383 e. The van der Waals surface area contributed by atoms with Gasteiger partial charge in [0.05, 0.1) is 6.61 Å². The number of hydrogen-bond donors (Lipinski definition) is 1. The van der Waals surface area contributed by atoms with E-state index in [2.05, 4.69) is 30.5 Å². The lowest BCUT2D eigenvalue weighted by atomic mass is 10.2. The smallest absolute Gasteiger partial charge is 0.317 e. The van der Waals surface area contributed by atoms with E-state index in [0.717, 1.165) is 11.4 Å². The van der Waals surface area contributed by atoms with Crippen molar-refractivity contribution in [2.24, 2.45) is 0 Å². The van der Waals surface area contributed by atoms with Crippen molar-refractivity contribution in [3.63, 3.8) is 0 Å². The van der Waals surface area contributed by atoms with Crippen LogP contribution in [0.4, 0.5) is 4.79 Å². The molecule has 3 aromatic rings. The fourth-order valence-electron chi connectivity index (χ4n) is 2.54. The van der Waals surface area contributed by atoms with Gasteiger partial charge in [-0.25, -0.2) is 9.42 Å². The van der Waals surface area contributed by atoms with Gasteiger partial charge in [0.25, 0.3) is 0 Å². The van der Waals surface area contributed by atoms with Crippen molar-refractivity contribution in [3.05, 3.63) is 35.9 Å². The Morgan fingerprint density at radius 2 is 2.19 bits per heavy atom. The fourth-order valence-corrected chi connectivity index (χ4v) is 2.54. The zero-order chi connectivity index (χ0) is 18.4. The monoisotopic (exact) mass is 359 g/mol. The molecule has 3 rings (SSSR count). The van der Waals surface area contributed by atoms with Crippen LogP contribution >= 0.6 is 0 Å². The Morgan fingerprint density at radius 3 is 3.04 bits per heavy atom. The average molecular weight is 359 g/mol. The van der Waals surface area contributed by atoms with Gasteiger partial charge in [0.1, 0.15) is 23.2 Å². The van der Waals surface area contributed by atoms with Crippen molar-refractivity contribution >= 4 is 17.1 Å². The number of amides is 2. The van der Waals surface area contributed by atoms with E-state index < -0.39 is 0 Å². The molecule has 0 saturated heterocycles. The molecule has 0 radical (unpaired) electrons. The van der Waals surface area contributed by atoms with Gasteiger partial charge in [-0.3, -0.25) is 0 Å². The summed E-state index contributed by atoms with van der Waals surface area (Å²) < 4.78 is 11.7. The zero-order valence-corrected chi connectivity index (χ0v) is 14.8. The maximum atomic E-state index is 12.3. The first-order valence-corrected chi connectivity index (χ1v) is 8.23. The van der Waals surface area contributed by atoms with Gasteiger partial charge in [0, 0.05) is 40.2 Å². The standard InChI is InChI=1S/C16H21N7O3/c1-22(10-12-3-4-13-14(9-12)21-26-20-13)16(24)17-6-5-15-19-18-11-23(15)7-8-25-2/h3-4,9,11H,5-8,10H2,1-2H3,(H,17,24). The van der Waals surface area contributed by atoms with Crippen LogP contribution in [0.2, 0.25) is 0 Å². The Morgan fingerprint density at radius 1 is 1.35 bits per heavy atom. The lowest BCUT2D eigenvalue weighted by molar-refractivity contribution is 0.186. The molecule has 0 aliphatic rings. The molecular weight excluding hydrogens is 338 g/mol. The molecule has 10 heteroatoms. The predicted octanol–water partition coefficient (Wildman–Crippen LogP) is 0.845. The van der Waals surface area contributed by atoms with E-state index >= 15 is 0 Å². The maximum Gasteiger partial charge on any atom is 0.317 e. The van der Waals surface area contributed by atoms with Gasteiger partial charge in [0.15, 0.2) is 0 Å². The summed E-state index contributed by atoms with van der Waals surface area (Å²) in [5, 5.41) is 18.4. The Balaban J connectivity index is 1.47. The van der Waals surface area contributed by atoms with Crippen LogP contribution in [-0.4, -0.2) is 63.3 Å². The molecule has 0 aliphatic heterocycles. The minimum absolute atomic E-state index is 0.161. The third kappa shape index (κ3) is 4.33. The molecule has 0 unspecified atom stereocenters. The predicted molar refractivity (Wildman–Crippen MR) is 92.3 cm³/mol. The summed E-state index contributed by atoms with van der Waals surface area (Å²) >= 11 is 0.